The molecule has 2 aliphatic heterocycles. The van der Waals surface area contributed by atoms with Crippen LogP contribution in [-0.4, -0.2) is 37.7 Å². The molecule has 0 spiro atoms. The van der Waals surface area contributed by atoms with Crippen molar-refractivity contribution >= 4 is 27.2 Å². The molecule has 1 aromatic carbocycles. The van der Waals surface area contributed by atoms with Crippen LogP contribution in [0.25, 0.3) is 0 Å². The summed E-state index contributed by atoms with van der Waals surface area (Å²) in [4.78, 5) is 25.1. The molecule has 2 fully saturated rings. The topological polar surface area (TPSA) is 71.5 Å². The van der Waals surface area contributed by atoms with Crippen molar-refractivity contribution in [2.45, 2.75) is 19.4 Å². The van der Waals surface area contributed by atoms with E-state index in [1.165, 1.54) is 6.92 Å². The van der Waals surface area contributed by atoms with E-state index in [1.54, 1.807) is 29.2 Å². The van der Waals surface area contributed by atoms with Crippen LogP contribution < -0.4 is 4.90 Å². The maximum atomic E-state index is 12.1. The van der Waals surface area contributed by atoms with E-state index in [4.69, 9.17) is 0 Å². The maximum Gasteiger partial charge on any atom is 0.227 e. The minimum atomic E-state index is -3.06. The molecule has 0 aliphatic carbocycles. The molecule has 0 radical (unpaired) electrons. The van der Waals surface area contributed by atoms with Crippen molar-refractivity contribution in [3.05, 3.63) is 29.8 Å². The summed E-state index contributed by atoms with van der Waals surface area (Å²) in [6.07, 6.45) is 0.272. The van der Waals surface area contributed by atoms with Crippen LogP contribution in [0.4, 0.5) is 5.69 Å². The highest BCUT2D eigenvalue weighted by Crippen LogP contribution is 2.37. The number of ketones is 1. The Morgan fingerprint density at radius 3 is 2.75 bits per heavy atom. The van der Waals surface area contributed by atoms with Crippen LogP contribution in [0.2, 0.25) is 0 Å². The average Bonchev–Trinajstić information content (AvgIpc) is 2.79. The van der Waals surface area contributed by atoms with Crippen LogP contribution in [0.1, 0.15) is 23.7 Å². The van der Waals surface area contributed by atoms with Gasteiger partial charge in [0, 0.05) is 23.6 Å². The van der Waals surface area contributed by atoms with E-state index in [2.05, 4.69) is 0 Å². The maximum absolute atomic E-state index is 12.1. The van der Waals surface area contributed by atoms with Crippen molar-refractivity contribution in [2.24, 2.45) is 5.92 Å². The Balaban J connectivity index is 1.99. The molecule has 1 amide bonds. The Morgan fingerprint density at radius 1 is 1.30 bits per heavy atom. The summed E-state index contributed by atoms with van der Waals surface area (Å²) in [7, 11) is -3.06. The van der Waals surface area contributed by atoms with Gasteiger partial charge in [-0.15, -0.1) is 0 Å². The molecule has 2 aliphatic rings. The SMILES string of the molecule is CC(=O)c1cccc(N2C(=O)C[C@H]3CS(=O)(=O)C[C@@H]32)c1. The highest BCUT2D eigenvalue weighted by molar-refractivity contribution is 7.91. The number of hydrogen-bond acceptors (Lipinski definition) is 4. The number of Topliss-reactive ketones (excluding diaryl/α,β-unsaturated/α-hetero) is 1. The predicted molar refractivity (Wildman–Crippen MR) is 74.5 cm³/mol. The van der Waals surface area contributed by atoms with Crippen molar-refractivity contribution in [3.8, 4) is 0 Å². The summed E-state index contributed by atoms with van der Waals surface area (Å²) < 4.78 is 23.4. The highest BCUT2D eigenvalue weighted by atomic mass is 32.2. The lowest BCUT2D eigenvalue weighted by molar-refractivity contribution is -0.117. The van der Waals surface area contributed by atoms with Gasteiger partial charge in [-0.2, -0.15) is 0 Å². The molecule has 2 heterocycles. The second-order valence-electron chi connectivity index (χ2n) is 5.48. The van der Waals surface area contributed by atoms with Gasteiger partial charge < -0.3 is 4.90 Å². The number of nitrogens with zero attached hydrogens (tertiary/aromatic N) is 1. The van der Waals surface area contributed by atoms with E-state index in [1.807, 2.05) is 0 Å². The van der Waals surface area contributed by atoms with Crippen molar-refractivity contribution in [1.82, 2.24) is 0 Å². The number of benzene rings is 1. The molecule has 106 valence electrons. The van der Waals surface area contributed by atoms with Crippen LogP contribution in [0.15, 0.2) is 24.3 Å². The van der Waals surface area contributed by atoms with Crippen LogP contribution >= 0.6 is 0 Å². The standard InChI is InChI=1S/C14H15NO4S/c1-9(16)10-3-2-4-12(5-10)15-13-8-20(18,19)7-11(13)6-14(15)17/h2-5,11,13H,6-8H2,1H3/t11-,13-/m0/s1. The van der Waals surface area contributed by atoms with Crippen molar-refractivity contribution < 1.29 is 18.0 Å². The molecular formula is C14H15NO4S. The van der Waals surface area contributed by atoms with E-state index in [-0.39, 0.29) is 41.6 Å². The first-order valence-electron chi connectivity index (χ1n) is 6.51. The number of anilines is 1. The Kier molecular flexibility index (Phi) is 2.93. The van der Waals surface area contributed by atoms with Crippen LogP contribution in [0.5, 0.6) is 0 Å². The van der Waals surface area contributed by atoms with Gasteiger partial charge in [-0.3, -0.25) is 9.59 Å². The largest absolute Gasteiger partial charge is 0.308 e. The second-order valence-corrected chi connectivity index (χ2v) is 7.63. The summed E-state index contributed by atoms with van der Waals surface area (Å²) in [6.45, 7) is 1.47. The number of carbonyl (C=O) groups excluding carboxylic acids is 2. The van der Waals surface area contributed by atoms with Gasteiger partial charge in [-0.25, -0.2) is 8.42 Å². The number of carbonyl (C=O) groups is 2. The Morgan fingerprint density at radius 2 is 2.05 bits per heavy atom. The quantitative estimate of drug-likeness (QED) is 0.764. The zero-order valence-corrected chi connectivity index (χ0v) is 11.9. The Labute approximate surface area is 117 Å². The first-order valence-corrected chi connectivity index (χ1v) is 8.33. The number of sulfone groups is 1. The Bertz CT molecular complexity index is 695. The molecule has 6 heteroatoms. The fourth-order valence-corrected chi connectivity index (χ4v) is 5.17. The van der Waals surface area contributed by atoms with Gasteiger partial charge >= 0.3 is 0 Å². The minimum absolute atomic E-state index is 0.0215. The van der Waals surface area contributed by atoms with Gasteiger partial charge in [0.1, 0.15) is 0 Å². The predicted octanol–water partition coefficient (Wildman–Crippen LogP) is 1.04. The molecule has 2 atom stereocenters. The molecule has 0 N–H and O–H groups in total. The fraction of sp³-hybridized carbons (Fsp3) is 0.429. The molecule has 1 aromatic rings. The molecule has 0 aromatic heterocycles. The van der Waals surface area contributed by atoms with E-state index < -0.39 is 9.84 Å². The number of amides is 1. The lowest BCUT2D eigenvalue weighted by atomic mass is 10.0. The summed E-state index contributed by atoms with van der Waals surface area (Å²) in [5, 5.41) is 0. The zero-order valence-electron chi connectivity index (χ0n) is 11.1. The minimum Gasteiger partial charge on any atom is -0.308 e. The summed E-state index contributed by atoms with van der Waals surface area (Å²) in [5.41, 5.74) is 1.15. The first kappa shape index (κ1) is 13.3. The molecular weight excluding hydrogens is 278 g/mol. The first-order chi connectivity index (χ1) is 9.37. The van der Waals surface area contributed by atoms with Gasteiger partial charge in [-0.05, 0) is 19.1 Å². The van der Waals surface area contributed by atoms with E-state index >= 15 is 0 Å². The van der Waals surface area contributed by atoms with E-state index in [0.717, 1.165) is 0 Å². The lowest BCUT2D eigenvalue weighted by Crippen LogP contribution is -2.36. The van der Waals surface area contributed by atoms with E-state index in [9.17, 15) is 18.0 Å². The van der Waals surface area contributed by atoms with E-state index in [0.29, 0.717) is 11.3 Å². The normalized spacial score (nSPS) is 27.6. The van der Waals surface area contributed by atoms with Crippen LogP contribution in [0, 0.1) is 5.92 Å². The number of fused-ring (bicyclic) bond motifs is 1. The van der Waals surface area contributed by atoms with Gasteiger partial charge in [0.25, 0.3) is 0 Å². The van der Waals surface area contributed by atoms with Gasteiger partial charge in [0.15, 0.2) is 15.6 Å². The second kappa shape index (κ2) is 4.41. The van der Waals surface area contributed by atoms with Crippen LogP contribution in [-0.2, 0) is 14.6 Å². The monoisotopic (exact) mass is 293 g/mol. The number of rotatable bonds is 2. The van der Waals surface area contributed by atoms with Gasteiger partial charge in [0.2, 0.25) is 5.91 Å². The van der Waals surface area contributed by atoms with Gasteiger partial charge in [-0.1, -0.05) is 12.1 Å². The third-order valence-electron chi connectivity index (χ3n) is 4.00. The molecule has 2 saturated heterocycles. The van der Waals surface area contributed by atoms with Crippen molar-refractivity contribution in [3.63, 3.8) is 0 Å². The fourth-order valence-electron chi connectivity index (χ4n) is 3.10. The summed E-state index contributed by atoms with van der Waals surface area (Å²) in [5.74, 6) is -0.141. The Hall–Kier alpha value is -1.69. The third-order valence-corrected chi connectivity index (χ3v) is 5.79. The molecule has 5 nitrogen and oxygen atoms in total. The lowest BCUT2D eigenvalue weighted by Gasteiger charge is -2.23. The smallest absolute Gasteiger partial charge is 0.227 e. The van der Waals surface area contributed by atoms with Crippen molar-refractivity contribution in [1.29, 1.82) is 0 Å². The molecule has 0 saturated carbocycles. The van der Waals surface area contributed by atoms with Gasteiger partial charge in [0.05, 0.1) is 17.5 Å². The molecule has 20 heavy (non-hydrogen) atoms. The summed E-state index contributed by atoms with van der Waals surface area (Å²) in [6, 6.07) is 6.53. The molecule has 0 unspecified atom stereocenters. The zero-order chi connectivity index (χ0) is 14.5. The third kappa shape index (κ3) is 2.14. The number of hydrogen-bond donors (Lipinski definition) is 0. The summed E-state index contributed by atoms with van der Waals surface area (Å²) >= 11 is 0. The molecule has 3 rings (SSSR count). The average molecular weight is 293 g/mol. The van der Waals surface area contributed by atoms with Crippen molar-refractivity contribution in [2.75, 3.05) is 16.4 Å². The van der Waals surface area contributed by atoms with Crippen LogP contribution in [0.3, 0.4) is 0 Å². The highest BCUT2D eigenvalue weighted by Gasteiger charge is 2.49. The molecule has 0 bridgehead atoms.